The highest BCUT2D eigenvalue weighted by Crippen LogP contribution is 2.23. The van der Waals surface area contributed by atoms with E-state index in [-0.39, 0.29) is 24.7 Å². The summed E-state index contributed by atoms with van der Waals surface area (Å²) in [5.41, 5.74) is 5.00. The van der Waals surface area contributed by atoms with E-state index in [1.165, 1.54) is 22.3 Å². The Labute approximate surface area is 173 Å². The second-order valence-electron chi connectivity index (χ2n) is 8.00. The second-order valence-corrected chi connectivity index (χ2v) is 8.00. The standard InChI is InChI=1S/C25H32O4/c1-18(6-16-24(26)27)22-12-8-20(9-13-22)4-3-5-21-10-14-23(15-11-21)19(2)7-17-25(28)29/h8-15,18-19H,3-7,16-17H2,1-2H3,(H,26,27)(H,28,29). The first-order valence-corrected chi connectivity index (χ1v) is 10.5. The molecule has 0 bridgehead atoms. The lowest BCUT2D eigenvalue weighted by molar-refractivity contribution is -0.138. The van der Waals surface area contributed by atoms with Gasteiger partial charge in [0.05, 0.1) is 0 Å². The maximum atomic E-state index is 10.7. The van der Waals surface area contributed by atoms with Gasteiger partial charge in [0.15, 0.2) is 0 Å². The van der Waals surface area contributed by atoms with Gasteiger partial charge >= 0.3 is 11.9 Å². The molecular formula is C25H32O4. The molecule has 2 atom stereocenters. The molecule has 0 aromatic heterocycles. The van der Waals surface area contributed by atoms with Gasteiger partial charge in [-0.25, -0.2) is 0 Å². The minimum atomic E-state index is -0.740. The first-order valence-electron chi connectivity index (χ1n) is 10.5. The average Bonchev–Trinajstić information content (AvgIpc) is 2.71. The summed E-state index contributed by atoms with van der Waals surface area (Å²) in [6, 6.07) is 17.1. The Hall–Kier alpha value is -2.62. The lowest BCUT2D eigenvalue weighted by Gasteiger charge is -2.12. The fraction of sp³-hybridized carbons (Fsp3) is 0.440. The molecule has 156 valence electrons. The fourth-order valence-corrected chi connectivity index (χ4v) is 3.54. The van der Waals surface area contributed by atoms with E-state index in [9.17, 15) is 9.59 Å². The van der Waals surface area contributed by atoms with Crippen LogP contribution in [-0.4, -0.2) is 22.2 Å². The molecule has 0 heterocycles. The van der Waals surface area contributed by atoms with E-state index in [1.807, 2.05) is 0 Å². The van der Waals surface area contributed by atoms with E-state index in [2.05, 4.69) is 62.4 Å². The SMILES string of the molecule is CC(CCC(=O)O)c1ccc(CCCc2ccc(C(C)CCC(=O)O)cc2)cc1. The van der Waals surface area contributed by atoms with Crippen molar-refractivity contribution in [1.82, 2.24) is 0 Å². The molecule has 0 aliphatic carbocycles. The normalized spacial score (nSPS) is 13.0. The van der Waals surface area contributed by atoms with E-state index < -0.39 is 11.9 Å². The summed E-state index contributed by atoms with van der Waals surface area (Å²) < 4.78 is 0. The van der Waals surface area contributed by atoms with Gasteiger partial charge in [-0.05, 0) is 66.2 Å². The summed E-state index contributed by atoms with van der Waals surface area (Å²) in [7, 11) is 0. The Balaban J connectivity index is 1.78. The highest BCUT2D eigenvalue weighted by Gasteiger charge is 2.09. The minimum absolute atomic E-state index is 0.208. The molecule has 4 nitrogen and oxygen atoms in total. The molecule has 2 N–H and O–H groups in total. The lowest BCUT2D eigenvalue weighted by atomic mass is 9.93. The number of rotatable bonds is 12. The number of hydrogen-bond acceptors (Lipinski definition) is 2. The number of carboxylic acids is 2. The van der Waals surface area contributed by atoms with Crippen molar-refractivity contribution >= 4 is 11.9 Å². The predicted octanol–water partition coefficient (Wildman–Crippen LogP) is 5.80. The maximum Gasteiger partial charge on any atom is 0.303 e. The highest BCUT2D eigenvalue weighted by atomic mass is 16.4. The zero-order valence-electron chi connectivity index (χ0n) is 17.4. The van der Waals surface area contributed by atoms with E-state index in [1.54, 1.807) is 0 Å². The van der Waals surface area contributed by atoms with Gasteiger partial charge in [0.2, 0.25) is 0 Å². The molecule has 0 aliphatic rings. The monoisotopic (exact) mass is 396 g/mol. The van der Waals surface area contributed by atoms with E-state index >= 15 is 0 Å². The molecule has 29 heavy (non-hydrogen) atoms. The Kier molecular flexibility index (Phi) is 8.91. The quantitative estimate of drug-likeness (QED) is 0.475. The van der Waals surface area contributed by atoms with Crippen LogP contribution in [0.3, 0.4) is 0 Å². The summed E-state index contributed by atoms with van der Waals surface area (Å²) >= 11 is 0. The summed E-state index contributed by atoms with van der Waals surface area (Å²) in [5, 5.41) is 17.6. The third kappa shape index (κ3) is 8.10. The van der Waals surface area contributed by atoms with Crippen LogP contribution >= 0.6 is 0 Å². The fourth-order valence-electron chi connectivity index (χ4n) is 3.54. The summed E-state index contributed by atoms with van der Waals surface area (Å²) in [6.45, 7) is 4.15. The molecule has 0 fully saturated rings. The number of aliphatic carboxylic acids is 2. The first kappa shape index (κ1) is 22.7. The van der Waals surface area contributed by atoms with Crippen LogP contribution in [-0.2, 0) is 22.4 Å². The molecule has 0 saturated carbocycles. The number of carboxylic acid groups (broad SMARTS) is 2. The van der Waals surface area contributed by atoms with Crippen LogP contribution in [0.4, 0.5) is 0 Å². The van der Waals surface area contributed by atoms with Gasteiger partial charge < -0.3 is 10.2 Å². The molecular weight excluding hydrogens is 364 g/mol. The largest absolute Gasteiger partial charge is 0.481 e. The van der Waals surface area contributed by atoms with Crippen LogP contribution in [0.5, 0.6) is 0 Å². The number of hydrogen-bond donors (Lipinski definition) is 2. The summed E-state index contributed by atoms with van der Waals surface area (Å²) in [5.74, 6) is -0.958. The van der Waals surface area contributed by atoms with E-state index in [0.717, 1.165) is 19.3 Å². The molecule has 0 saturated heterocycles. The van der Waals surface area contributed by atoms with Gasteiger partial charge in [-0.2, -0.15) is 0 Å². The van der Waals surface area contributed by atoms with E-state index in [4.69, 9.17) is 10.2 Å². The molecule has 0 radical (unpaired) electrons. The van der Waals surface area contributed by atoms with Gasteiger partial charge in [-0.3, -0.25) is 9.59 Å². The number of benzene rings is 2. The van der Waals surface area contributed by atoms with Gasteiger partial charge in [0.25, 0.3) is 0 Å². The summed E-state index contributed by atoms with van der Waals surface area (Å²) in [4.78, 5) is 21.4. The zero-order chi connectivity index (χ0) is 21.2. The maximum absolute atomic E-state index is 10.7. The van der Waals surface area contributed by atoms with Crippen molar-refractivity contribution in [3.05, 3.63) is 70.8 Å². The predicted molar refractivity (Wildman–Crippen MR) is 115 cm³/mol. The Morgan fingerprint density at radius 2 is 1.03 bits per heavy atom. The molecule has 0 spiro atoms. The van der Waals surface area contributed by atoms with E-state index in [0.29, 0.717) is 12.8 Å². The Morgan fingerprint density at radius 3 is 1.34 bits per heavy atom. The Morgan fingerprint density at radius 1 is 0.690 bits per heavy atom. The molecule has 4 heteroatoms. The van der Waals surface area contributed by atoms with Crippen molar-refractivity contribution in [2.45, 2.75) is 70.6 Å². The average molecular weight is 397 g/mol. The lowest BCUT2D eigenvalue weighted by Crippen LogP contribution is -2.00. The van der Waals surface area contributed by atoms with Gasteiger partial charge in [-0.1, -0.05) is 62.4 Å². The Bertz CT molecular complexity index is 710. The van der Waals surface area contributed by atoms with Crippen molar-refractivity contribution in [2.75, 3.05) is 0 Å². The smallest absolute Gasteiger partial charge is 0.303 e. The van der Waals surface area contributed by atoms with Crippen LogP contribution in [0.25, 0.3) is 0 Å². The van der Waals surface area contributed by atoms with Gasteiger partial charge in [0.1, 0.15) is 0 Å². The second kappa shape index (κ2) is 11.4. The van der Waals surface area contributed by atoms with Crippen LogP contribution in [0.15, 0.2) is 48.5 Å². The molecule has 0 aliphatic heterocycles. The van der Waals surface area contributed by atoms with Crippen LogP contribution in [0.2, 0.25) is 0 Å². The first-order chi connectivity index (χ1) is 13.8. The molecule has 2 aromatic carbocycles. The topological polar surface area (TPSA) is 74.6 Å². The van der Waals surface area contributed by atoms with Gasteiger partial charge in [0, 0.05) is 12.8 Å². The van der Waals surface area contributed by atoms with Crippen LogP contribution in [0.1, 0.15) is 80.0 Å². The number of carbonyl (C=O) groups is 2. The molecule has 0 amide bonds. The molecule has 2 aromatic rings. The molecule has 2 unspecified atom stereocenters. The number of aryl methyl sites for hydroxylation is 2. The third-order valence-corrected chi connectivity index (χ3v) is 5.61. The zero-order valence-corrected chi connectivity index (χ0v) is 17.4. The van der Waals surface area contributed by atoms with Crippen molar-refractivity contribution in [2.24, 2.45) is 0 Å². The van der Waals surface area contributed by atoms with Crippen molar-refractivity contribution in [3.63, 3.8) is 0 Å². The minimum Gasteiger partial charge on any atom is -0.481 e. The van der Waals surface area contributed by atoms with Crippen molar-refractivity contribution in [3.8, 4) is 0 Å². The summed E-state index contributed by atoms with van der Waals surface area (Å²) in [6.07, 6.45) is 4.85. The van der Waals surface area contributed by atoms with Crippen LogP contribution in [0, 0.1) is 0 Å². The van der Waals surface area contributed by atoms with Gasteiger partial charge in [-0.15, -0.1) is 0 Å². The highest BCUT2D eigenvalue weighted by molar-refractivity contribution is 5.67. The van der Waals surface area contributed by atoms with Crippen LogP contribution < -0.4 is 0 Å². The third-order valence-electron chi connectivity index (χ3n) is 5.61. The van der Waals surface area contributed by atoms with Crippen molar-refractivity contribution < 1.29 is 19.8 Å². The molecule has 2 rings (SSSR count). The van der Waals surface area contributed by atoms with Crippen molar-refractivity contribution in [1.29, 1.82) is 0 Å².